The molecule has 4 N–H and O–H groups in total. The zero-order chi connectivity index (χ0) is 22.9. The molecule has 2 aliphatic heterocycles. The van der Waals surface area contributed by atoms with Crippen molar-refractivity contribution >= 4 is 68.4 Å². The summed E-state index contributed by atoms with van der Waals surface area (Å²) in [5.74, 6) is -2.98. The number of nitrogens with two attached hydrogens (primary N) is 1. The summed E-state index contributed by atoms with van der Waals surface area (Å²) in [7, 11) is -1.47. The van der Waals surface area contributed by atoms with E-state index in [1.54, 1.807) is 0 Å². The number of aliphatic carboxylic acids is 1. The number of rotatable bonds is 7. The largest absolute Gasteiger partial charge is 0.477 e. The van der Waals surface area contributed by atoms with Crippen LogP contribution < -0.4 is 11.1 Å². The van der Waals surface area contributed by atoms with Gasteiger partial charge in [0.25, 0.3) is 11.8 Å². The number of carboxylic acids is 1. The predicted molar refractivity (Wildman–Crippen MR) is 115 cm³/mol. The Hall–Kier alpha value is -2.71. The van der Waals surface area contributed by atoms with E-state index in [1.165, 1.54) is 35.7 Å². The van der Waals surface area contributed by atoms with Gasteiger partial charge in [-0.2, -0.15) is 0 Å². The quantitative estimate of drug-likeness (QED) is 0.265. The predicted octanol–water partition coefficient (Wildman–Crippen LogP) is -0.254. The van der Waals surface area contributed by atoms with Crippen LogP contribution in [0.15, 0.2) is 22.1 Å². The van der Waals surface area contributed by atoms with Gasteiger partial charge in [0.15, 0.2) is 5.13 Å². The number of carbonyl (C=O) groups is 4. The Kier molecular flexibility index (Phi) is 6.81. The van der Waals surface area contributed by atoms with Gasteiger partial charge in [-0.15, -0.1) is 23.1 Å². The number of thiazole rings is 1. The molecule has 1 fully saturated rings. The first-order chi connectivity index (χ1) is 14.6. The van der Waals surface area contributed by atoms with Crippen molar-refractivity contribution in [2.45, 2.75) is 18.3 Å². The number of β-lactam (4-membered cyclic amide) rings is 1. The summed E-state index contributed by atoms with van der Waals surface area (Å²) in [6, 6.07) is -0.980. The Morgan fingerprint density at radius 1 is 1.48 bits per heavy atom. The van der Waals surface area contributed by atoms with Crippen LogP contribution in [-0.2, 0) is 34.7 Å². The van der Waals surface area contributed by atoms with Crippen LogP contribution in [0.4, 0.5) is 5.13 Å². The molecule has 0 spiro atoms. The van der Waals surface area contributed by atoms with Gasteiger partial charge in [0, 0.05) is 46.1 Å². The first kappa shape index (κ1) is 23.0. The van der Waals surface area contributed by atoms with E-state index in [0.717, 1.165) is 16.2 Å². The molecule has 166 valence electrons. The first-order valence-electron chi connectivity index (χ1n) is 8.69. The standard InChI is InChI=1S/C17H18N4O7S3/c1-7(22)28-3-8-4-29-15-11(14(24)21(15)12(8)16(25)26)20-13(23)9(6-31(2)27)10-5-30-17(18)19-10/h5-6,11,15H,3-4H2,1-2H3,(H2,18,19)(H,20,23)(H,25,26)/t11?,15-,31?/m0/s1. The van der Waals surface area contributed by atoms with Crippen molar-refractivity contribution in [3.05, 3.63) is 27.8 Å². The third kappa shape index (κ3) is 4.80. The van der Waals surface area contributed by atoms with Crippen LogP contribution in [0.2, 0.25) is 0 Å². The second-order valence-corrected chi connectivity index (χ2v) is 9.73. The molecule has 1 aromatic rings. The fourth-order valence-electron chi connectivity index (χ4n) is 3.01. The van der Waals surface area contributed by atoms with Crippen molar-refractivity contribution in [2.24, 2.45) is 0 Å². The number of hydrogen-bond donors (Lipinski definition) is 3. The minimum atomic E-state index is -1.47. The Balaban J connectivity index is 1.80. The summed E-state index contributed by atoms with van der Waals surface area (Å²) in [5, 5.41) is 14.5. The molecule has 3 atom stereocenters. The average molecular weight is 487 g/mol. The second-order valence-electron chi connectivity index (χ2n) is 6.50. The molecular formula is C17H18N4O7S3. The molecule has 3 heterocycles. The molecule has 31 heavy (non-hydrogen) atoms. The summed E-state index contributed by atoms with van der Waals surface area (Å²) in [6.07, 6.45) is 1.38. The zero-order valence-electron chi connectivity index (χ0n) is 16.3. The molecule has 0 aliphatic carbocycles. The molecule has 11 nitrogen and oxygen atoms in total. The zero-order valence-corrected chi connectivity index (χ0v) is 18.8. The summed E-state index contributed by atoms with van der Waals surface area (Å²) >= 11 is 2.34. The van der Waals surface area contributed by atoms with Gasteiger partial charge in [-0.05, 0) is 0 Å². The van der Waals surface area contributed by atoms with E-state index in [4.69, 9.17) is 10.5 Å². The number of hydrogen-bond acceptors (Lipinski definition) is 10. The maximum Gasteiger partial charge on any atom is 0.352 e. The number of ether oxygens (including phenoxy) is 1. The van der Waals surface area contributed by atoms with Gasteiger partial charge in [-0.3, -0.25) is 23.5 Å². The van der Waals surface area contributed by atoms with E-state index in [-0.39, 0.29) is 34.5 Å². The highest BCUT2D eigenvalue weighted by Gasteiger charge is 2.54. The highest BCUT2D eigenvalue weighted by Crippen LogP contribution is 2.40. The Bertz CT molecular complexity index is 1050. The van der Waals surface area contributed by atoms with Gasteiger partial charge in [0.1, 0.15) is 23.7 Å². The number of aromatic nitrogens is 1. The maximum atomic E-state index is 12.8. The van der Waals surface area contributed by atoms with Crippen molar-refractivity contribution in [1.82, 2.24) is 15.2 Å². The molecule has 0 bridgehead atoms. The minimum absolute atomic E-state index is 0.00499. The number of fused-ring (bicyclic) bond motifs is 1. The average Bonchev–Trinajstić information content (AvgIpc) is 3.13. The van der Waals surface area contributed by atoms with Gasteiger partial charge in [-0.1, -0.05) is 0 Å². The molecule has 0 saturated carbocycles. The van der Waals surface area contributed by atoms with E-state index < -0.39 is 46.0 Å². The number of carboxylic acid groups (broad SMARTS) is 1. The molecule has 1 saturated heterocycles. The van der Waals surface area contributed by atoms with Crippen molar-refractivity contribution in [1.29, 1.82) is 0 Å². The van der Waals surface area contributed by atoms with E-state index >= 15 is 0 Å². The molecule has 0 aromatic carbocycles. The van der Waals surface area contributed by atoms with Crippen molar-refractivity contribution in [3.8, 4) is 0 Å². The fraction of sp³-hybridized carbons (Fsp3) is 0.353. The molecule has 1 aromatic heterocycles. The number of amides is 2. The molecule has 2 unspecified atom stereocenters. The Morgan fingerprint density at radius 3 is 2.74 bits per heavy atom. The maximum absolute atomic E-state index is 12.8. The van der Waals surface area contributed by atoms with Crippen LogP contribution in [0.25, 0.3) is 5.57 Å². The number of esters is 1. The van der Waals surface area contributed by atoms with Crippen LogP contribution in [0.3, 0.4) is 0 Å². The topological polar surface area (TPSA) is 169 Å². The van der Waals surface area contributed by atoms with Crippen LogP contribution in [-0.4, -0.2) is 73.0 Å². The lowest BCUT2D eigenvalue weighted by atomic mass is 10.0. The monoisotopic (exact) mass is 486 g/mol. The van der Waals surface area contributed by atoms with E-state index in [9.17, 15) is 28.5 Å². The van der Waals surface area contributed by atoms with Crippen LogP contribution >= 0.6 is 23.1 Å². The van der Waals surface area contributed by atoms with Gasteiger partial charge in [0.05, 0.1) is 11.3 Å². The third-order valence-electron chi connectivity index (χ3n) is 4.31. The summed E-state index contributed by atoms with van der Waals surface area (Å²) in [4.78, 5) is 53.4. The van der Waals surface area contributed by atoms with Crippen LogP contribution in [0, 0.1) is 0 Å². The van der Waals surface area contributed by atoms with E-state index in [1.807, 2.05) is 0 Å². The highest BCUT2D eigenvalue weighted by molar-refractivity contribution is 8.00. The fourth-order valence-corrected chi connectivity index (χ4v) is 5.46. The van der Waals surface area contributed by atoms with Gasteiger partial charge in [0.2, 0.25) is 0 Å². The highest BCUT2D eigenvalue weighted by atomic mass is 32.2. The minimum Gasteiger partial charge on any atom is -0.477 e. The van der Waals surface area contributed by atoms with Crippen LogP contribution in [0.1, 0.15) is 12.6 Å². The van der Waals surface area contributed by atoms with Crippen molar-refractivity contribution in [2.75, 3.05) is 24.3 Å². The van der Waals surface area contributed by atoms with Gasteiger partial charge in [-0.25, -0.2) is 9.78 Å². The number of carbonyl (C=O) groups excluding carboxylic acids is 3. The lowest BCUT2D eigenvalue weighted by molar-refractivity contribution is -0.150. The van der Waals surface area contributed by atoms with E-state index in [2.05, 4.69) is 10.3 Å². The molecular weight excluding hydrogens is 468 g/mol. The summed E-state index contributed by atoms with van der Waals surface area (Å²) < 4.78 is 16.6. The van der Waals surface area contributed by atoms with Gasteiger partial charge >= 0.3 is 11.9 Å². The Morgan fingerprint density at radius 2 is 2.19 bits per heavy atom. The first-order valence-corrected chi connectivity index (χ1v) is 12.2. The van der Waals surface area contributed by atoms with Crippen molar-refractivity contribution in [3.63, 3.8) is 0 Å². The normalized spacial score (nSPS) is 21.8. The molecule has 2 aliphatic rings. The summed E-state index contributed by atoms with van der Waals surface area (Å²) in [5.41, 5.74) is 5.89. The molecule has 14 heteroatoms. The van der Waals surface area contributed by atoms with E-state index in [0.29, 0.717) is 5.57 Å². The number of nitrogen functional groups attached to an aromatic ring is 1. The number of nitrogens with one attached hydrogen (secondary N) is 1. The SMILES string of the molecule is CC(=O)OCC1=C(C(=O)O)N2C(=O)C(NC(=O)C(=CS(C)=O)c3csc(N)n3)[C@@H]2SC1. The van der Waals surface area contributed by atoms with Crippen molar-refractivity contribution < 1.29 is 33.2 Å². The third-order valence-corrected chi connectivity index (χ3v) is 6.89. The smallest absolute Gasteiger partial charge is 0.352 e. The van der Waals surface area contributed by atoms with Gasteiger partial charge < -0.3 is 20.9 Å². The summed E-state index contributed by atoms with van der Waals surface area (Å²) in [6.45, 7) is 0.961. The number of anilines is 1. The molecule has 0 radical (unpaired) electrons. The lowest BCUT2D eigenvalue weighted by Gasteiger charge is -2.49. The number of nitrogens with zero attached hydrogens (tertiary/aromatic N) is 2. The number of thioether (sulfide) groups is 1. The Labute approximate surface area is 187 Å². The second kappa shape index (κ2) is 9.20. The van der Waals surface area contributed by atoms with Crippen LogP contribution in [0.5, 0.6) is 0 Å². The lowest BCUT2D eigenvalue weighted by Crippen LogP contribution is -2.70. The molecule has 3 rings (SSSR count). The molecule has 2 amide bonds.